The van der Waals surface area contributed by atoms with Gasteiger partial charge < -0.3 is 0 Å². The second-order valence-electron chi connectivity index (χ2n) is 0. The summed E-state index contributed by atoms with van der Waals surface area (Å²) in [6, 6.07) is 0. The van der Waals surface area contributed by atoms with E-state index in [2.05, 4.69) is 24.5 Å². The first kappa shape index (κ1) is 8.92. The molecule has 0 spiro atoms. The molecule has 0 bridgehead atoms. The zero-order valence-corrected chi connectivity index (χ0v) is 4.78. The topological polar surface area (TPSA) is 17.1 Å². The second-order valence-corrected chi connectivity index (χ2v) is 0. The first-order valence-electron chi connectivity index (χ1n) is 0.312. The van der Waals surface area contributed by atoms with Gasteiger partial charge in [-0.25, -0.2) is 0 Å². The quantitative estimate of drug-likeness (QED) is 0.478. The van der Waals surface area contributed by atoms with E-state index in [0.717, 1.165) is 17.4 Å². The molecule has 4 heteroatoms. The van der Waals surface area contributed by atoms with Gasteiger partial charge >= 0.3 is 45.6 Å². The van der Waals surface area contributed by atoms with Crippen LogP contribution in [0.2, 0.25) is 0 Å². The summed E-state index contributed by atoms with van der Waals surface area (Å²) in [5, 5.41) is 0. The summed E-state index contributed by atoms with van der Waals surface area (Å²) >= 11 is 4.52. The Kier molecular flexibility index (Phi) is 72.8. The molecule has 0 amide bonds. The zero-order valence-electron chi connectivity index (χ0n) is 1.58. The van der Waals surface area contributed by atoms with Crippen LogP contribution in [0.3, 0.4) is 0 Å². The molecule has 0 aromatic carbocycles. The maximum atomic E-state index is 8.19. The van der Waals surface area contributed by atoms with E-state index in [1.165, 1.54) is 0 Å². The van der Waals surface area contributed by atoms with Crippen molar-refractivity contribution in [1.29, 1.82) is 0 Å². The van der Waals surface area contributed by atoms with Crippen LogP contribution in [0.4, 0.5) is 0 Å². The van der Waals surface area contributed by atoms with Crippen LogP contribution in [-0.2, 0) is 34.9 Å². The molecular weight excluding hydrogens is 158 g/mol. The zero-order chi connectivity index (χ0) is 4.00. The van der Waals surface area contributed by atoms with Crippen LogP contribution in [0.1, 0.15) is 0 Å². The molecule has 0 saturated carbocycles. The number of rotatable bonds is 0. The van der Waals surface area contributed by atoms with Gasteiger partial charge in [0.2, 0.25) is 0 Å². The molecule has 0 atom stereocenters. The molecule has 0 saturated heterocycles. The van der Waals surface area contributed by atoms with Gasteiger partial charge in [-0.15, -0.1) is 0 Å². The van der Waals surface area contributed by atoms with Crippen molar-refractivity contribution in [3.05, 3.63) is 0 Å². The molecule has 1 nitrogen and oxygen atoms in total. The molecule has 0 rings (SSSR count). The van der Waals surface area contributed by atoms with E-state index >= 15 is 0 Å². The molecule has 0 unspecified atom stereocenters. The molecule has 0 aliphatic rings. The monoisotopic (exact) mass is 157 g/mol. The fourth-order valence-corrected chi connectivity index (χ4v) is 0. The van der Waals surface area contributed by atoms with Crippen molar-refractivity contribution >= 4 is 10.7 Å². The van der Waals surface area contributed by atoms with Crippen LogP contribution in [0.15, 0.2) is 0 Å². The van der Waals surface area contributed by atoms with Gasteiger partial charge in [-0.2, -0.15) is 0 Å². The molecule has 0 N–H and O–H groups in total. The van der Waals surface area contributed by atoms with Gasteiger partial charge in [0.05, 0.1) is 0 Å². The van der Waals surface area contributed by atoms with Crippen molar-refractivity contribution < 1.29 is 34.9 Å². The van der Waals surface area contributed by atoms with Crippen molar-refractivity contribution in [2.45, 2.75) is 0 Å². The molecule has 0 heterocycles. The molecule has 4 heavy (non-hydrogen) atoms. The minimum atomic E-state index is 1.06. The van der Waals surface area contributed by atoms with Crippen molar-refractivity contribution in [2.24, 2.45) is 0 Å². The Balaban J connectivity index is 0. The van der Waals surface area contributed by atoms with Crippen molar-refractivity contribution in [3.63, 3.8) is 0 Å². The Hall–Kier alpha value is 1.10. The van der Waals surface area contributed by atoms with Gasteiger partial charge in [-0.3, -0.25) is 0 Å². The van der Waals surface area contributed by atoms with Crippen LogP contribution < -0.4 is 0 Å². The fraction of sp³-hybridized carbons (Fsp3) is 0. The number of hydrogen-bond acceptors (Lipinski definition) is 2. The number of hydrogen-bond donors (Lipinski definition) is 0. The summed E-state index contributed by atoms with van der Waals surface area (Å²) in [6.07, 6.45) is 0. The van der Waals surface area contributed by atoms with E-state index in [1.54, 1.807) is 0 Å². The van der Waals surface area contributed by atoms with Crippen LogP contribution in [-0.4, -0.2) is 0 Å². The average Bonchev–Trinajstić information content (AvgIpc) is 1.50. The Bertz CT molecular complexity index is 10.0. The van der Waals surface area contributed by atoms with E-state index < -0.39 is 0 Å². The van der Waals surface area contributed by atoms with Gasteiger partial charge in [0.25, 0.3) is 0 Å². The van der Waals surface area contributed by atoms with E-state index in [1.807, 2.05) is 0 Å². The van der Waals surface area contributed by atoms with Gasteiger partial charge in [0.1, 0.15) is 0 Å². The van der Waals surface area contributed by atoms with E-state index in [0.29, 0.717) is 0 Å². The summed E-state index contributed by atoms with van der Waals surface area (Å²) in [6.45, 7) is 0. The normalized spacial score (nSPS) is 2.25. The minimum absolute atomic E-state index is 1.06. The first-order valence-corrected chi connectivity index (χ1v) is 2.35. The van der Waals surface area contributed by atoms with Gasteiger partial charge in [0.15, 0.2) is 0 Å². The average molecular weight is 158 g/mol. The second kappa shape index (κ2) is 32.6. The van der Waals surface area contributed by atoms with Crippen molar-refractivity contribution in [1.82, 2.24) is 0 Å². The molecule has 0 aliphatic carbocycles. The maximum absolute atomic E-state index is 8.19. The first-order chi connectivity index (χ1) is 2.00. The van der Waals surface area contributed by atoms with Gasteiger partial charge in [-0.05, 0) is 0 Å². The van der Waals surface area contributed by atoms with E-state index in [-0.39, 0.29) is 0 Å². The third kappa shape index (κ3) is 11.3. The molecule has 27 valence electrons. The Morgan fingerprint density at radius 1 is 1.50 bits per heavy atom. The van der Waals surface area contributed by atoms with E-state index in [4.69, 9.17) is 3.67 Å². The van der Waals surface area contributed by atoms with Crippen LogP contribution in [0.5, 0.6) is 0 Å². The van der Waals surface area contributed by atoms with E-state index in [9.17, 15) is 0 Å². The Morgan fingerprint density at radius 2 is 1.50 bits per heavy atom. The fourth-order valence-electron chi connectivity index (χ4n) is 0. The van der Waals surface area contributed by atoms with Crippen LogP contribution in [0, 0.1) is 0 Å². The summed E-state index contributed by atoms with van der Waals surface area (Å²) in [4.78, 5) is 0. The standard InChI is InChI=1S/Ni.O.S.V. The molecule has 0 radical (unpaired) electrons. The molecule has 0 fully saturated rings. The van der Waals surface area contributed by atoms with Crippen molar-refractivity contribution in [2.75, 3.05) is 0 Å². The van der Waals surface area contributed by atoms with Crippen LogP contribution >= 0.6 is 10.7 Å². The van der Waals surface area contributed by atoms with Crippen LogP contribution in [0.25, 0.3) is 0 Å². The molecule has 0 aliphatic heterocycles. The van der Waals surface area contributed by atoms with Gasteiger partial charge in [-0.1, -0.05) is 0 Å². The molecular formula is NiOSV. The summed E-state index contributed by atoms with van der Waals surface area (Å²) in [5.41, 5.74) is 0. The molecule has 0 aromatic rings. The third-order valence-electron chi connectivity index (χ3n) is 0. The summed E-state index contributed by atoms with van der Waals surface area (Å²) in [5.74, 6) is 0. The SMILES string of the molecule is [O]=[V].[S]=[Ni]. The third-order valence-corrected chi connectivity index (χ3v) is 0. The van der Waals surface area contributed by atoms with Crippen molar-refractivity contribution in [3.8, 4) is 0 Å². The Labute approximate surface area is 45.6 Å². The Morgan fingerprint density at radius 3 is 1.50 bits per heavy atom. The molecule has 0 aromatic heterocycles. The van der Waals surface area contributed by atoms with Gasteiger partial charge in [0, 0.05) is 0 Å². The summed E-state index contributed by atoms with van der Waals surface area (Å²) in [7, 11) is 3.71. The predicted molar refractivity (Wildman–Crippen MR) is 8.28 cm³/mol. The summed E-state index contributed by atoms with van der Waals surface area (Å²) < 4.78 is 8.19. The predicted octanol–water partition coefficient (Wildman–Crippen LogP) is 0.524.